The number of fused-ring (bicyclic) bond motifs is 2. The van der Waals surface area contributed by atoms with E-state index in [-0.39, 0.29) is 18.5 Å². The summed E-state index contributed by atoms with van der Waals surface area (Å²) in [5.74, 6) is -0.521. The number of carbonyl (C=O) groups is 1. The van der Waals surface area contributed by atoms with Crippen LogP contribution in [0.2, 0.25) is 0 Å². The lowest BCUT2D eigenvalue weighted by Gasteiger charge is -2.29. The number of hydrogen-bond acceptors (Lipinski definition) is 4. The fourth-order valence-electron chi connectivity index (χ4n) is 5.01. The zero-order valence-electron chi connectivity index (χ0n) is 16.8. The van der Waals surface area contributed by atoms with Crippen molar-refractivity contribution in [1.29, 1.82) is 0 Å². The first kappa shape index (κ1) is 18.2. The number of para-hydroxylation sites is 2. The maximum absolute atomic E-state index is 13.4. The Bertz CT molecular complexity index is 1120. The van der Waals surface area contributed by atoms with Gasteiger partial charge in [-0.25, -0.2) is 4.79 Å². The van der Waals surface area contributed by atoms with Gasteiger partial charge in [0.05, 0.1) is 17.8 Å². The van der Waals surface area contributed by atoms with E-state index in [0.29, 0.717) is 17.6 Å². The number of aryl methyl sites for hydroxylation is 1. The van der Waals surface area contributed by atoms with Crippen molar-refractivity contribution in [3.8, 4) is 0 Å². The van der Waals surface area contributed by atoms with Gasteiger partial charge in [0.25, 0.3) is 0 Å². The molecule has 152 valence electrons. The minimum Gasteiger partial charge on any atom is -0.408 e. The Kier molecular flexibility index (Phi) is 4.53. The van der Waals surface area contributed by atoms with Crippen LogP contribution < -0.4 is 5.76 Å². The van der Waals surface area contributed by atoms with E-state index >= 15 is 0 Å². The Morgan fingerprint density at radius 3 is 2.83 bits per heavy atom. The first-order valence-electron chi connectivity index (χ1n) is 10.5. The van der Waals surface area contributed by atoms with Gasteiger partial charge in [-0.1, -0.05) is 25.0 Å². The van der Waals surface area contributed by atoms with Gasteiger partial charge in [0.1, 0.15) is 6.54 Å². The lowest BCUT2D eigenvalue weighted by Crippen LogP contribution is -2.41. The molecule has 0 unspecified atom stereocenters. The van der Waals surface area contributed by atoms with E-state index in [9.17, 15) is 9.59 Å². The molecule has 1 aromatic carbocycles. The summed E-state index contributed by atoms with van der Waals surface area (Å²) in [5.41, 5.74) is 4.81. The highest BCUT2D eigenvalue weighted by Gasteiger charge is 2.30. The number of aromatic nitrogens is 3. The molecule has 2 heterocycles. The van der Waals surface area contributed by atoms with Crippen molar-refractivity contribution in [2.75, 3.05) is 0 Å². The Labute approximate surface area is 168 Å². The summed E-state index contributed by atoms with van der Waals surface area (Å²) in [4.78, 5) is 27.7. The van der Waals surface area contributed by atoms with Gasteiger partial charge in [0.2, 0.25) is 5.91 Å². The predicted octanol–water partition coefficient (Wildman–Crippen LogP) is 2.79. The lowest BCUT2D eigenvalue weighted by atomic mass is 10.1. The topological polar surface area (TPSA) is 73.3 Å². The Morgan fingerprint density at radius 1 is 1.21 bits per heavy atom. The van der Waals surface area contributed by atoms with Crippen molar-refractivity contribution >= 4 is 17.0 Å². The third-order valence-electron chi connectivity index (χ3n) is 6.47. The van der Waals surface area contributed by atoms with Gasteiger partial charge in [-0.05, 0) is 49.8 Å². The second-order valence-corrected chi connectivity index (χ2v) is 8.23. The number of rotatable bonds is 5. The summed E-state index contributed by atoms with van der Waals surface area (Å²) in [7, 11) is 1.99. The molecule has 29 heavy (non-hydrogen) atoms. The van der Waals surface area contributed by atoms with Crippen molar-refractivity contribution in [3.63, 3.8) is 0 Å². The summed E-state index contributed by atoms with van der Waals surface area (Å²) in [6.45, 7) is 0.526. The van der Waals surface area contributed by atoms with Crippen LogP contribution in [0.4, 0.5) is 0 Å². The van der Waals surface area contributed by atoms with Crippen LogP contribution in [0, 0.1) is 0 Å². The van der Waals surface area contributed by atoms with E-state index in [0.717, 1.165) is 50.6 Å². The lowest BCUT2D eigenvalue weighted by molar-refractivity contribution is -0.135. The van der Waals surface area contributed by atoms with Gasteiger partial charge < -0.3 is 9.32 Å². The second-order valence-electron chi connectivity index (χ2n) is 8.23. The van der Waals surface area contributed by atoms with Crippen LogP contribution in [-0.4, -0.2) is 31.2 Å². The number of hydrogen-bond donors (Lipinski definition) is 0. The van der Waals surface area contributed by atoms with E-state index < -0.39 is 5.76 Å². The molecule has 1 fully saturated rings. The van der Waals surface area contributed by atoms with Crippen molar-refractivity contribution < 1.29 is 9.21 Å². The molecule has 7 nitrogen and oxygen atoms in total. The normalized spacial score (nSPS) is 16.6. The third kappa shape index (κ3) is 3.18. The molecule has 2 aliphatic rings. The van der Waals surface area contributed by atoms with Crippen LogP contribution in [0.25, 0.3) is 11.1 Å². The van der Waals surface area contributed by atoms with E-state index in [1.165, 1.54) is 15.8 Å². The van der Waals surface area contributed by atoms with Crippen molar-refractivity contribution in [2.24, 2.45) is 7.05 Å². The molecular formula is C22H26N4O3. The van der Waals surface area contributed by atoms with Crippen LogP contribution in [0.15, 0.2) is 33.5 Å². The molecule has 0 bridgehead atoms. The van der Waals surface area contributed by atoms with Crippen LogP contribution in [0.5, 0.6) is 0 Å². The molecule has 3 aromatic rings. The molecule has 0 N–H and O–H groups in total. The molecule has 0 aliphatic heterocycles. The highest BCUT2D eigenvalue weighted by atomic mass is 16.4. The molecule has 0 radical (unpaired) electrons. The first-order valence-corrected chi connectivity index (χ1v) is 10.5. The van der Waals surface area contributed by atoms with Crippen LogP contribution in [-0.2, 0) is 37.8 Å². The average molecular weight is 394 g/mol. The fourth-order valence-corrected chi connectivity index (χ4v) is 5.01. The van der Waals surface area contributed by atoms with Crippen molar-refractivity contribution in [1.82, 2.24) is 19.2 Å². The smallest absolute Gasteiger partial charge is 0.408 e. The summed E-state index contributed by atoms with van der Waals surface area (Å²) in [6, 6.07) is 7.46. The van der Waals surface area contributed by atoms with Crippen LogP contribution in [0.1, 0.15) is 49.1 Å². The van der Waals surface area contributed by atoms with Gasteiger partial charge in [0.15, 0.2) is 5.58 Å². The van der Waals surface area contributed by atoms with Gasteiger partial charge in [-0.2, -0.15) is 5.10 Å². The largest absolute Gasteiger partial charge is 0.420 e. The maximum Gasteiger partial charge on any atom is 0.420 e. The molecule has 0 atom stereocenters. The van der Waals surface area contributed by atoms with Gasteiger partial charge in [-0.3, -0.25) is 14.0 Å². The number of carbonyl (C=O) groups excluding carboxylic acids is 1. The number of oxazole rings is 1. The standard InChI is InChI=1S/C22H26N4O3/c1-24-18-11-6-9-16(18)17(23-24)13-25(15-7-2-3-8-15)21(27)14-26-19-10-4-5-12-20(19)29-22(26)28/h4-5,10,12,15H,2-3,6-9,11,13-14H2,1H3. The fraction of sp³-hybridized carbons (Fsp3) is 0.500. The van der Waals surface area contributed by atoms with E-state index in [2.05, 4.69) is 0 Å². The number of amides is 1. The summed E-state index contributed by atoms with van der Waals surface area (Å²) in [5, 5.41) is 4.73. The molecule has 0 spiro atoms. The highest BCUT2D eigenvalue weighted by molar-refractivity contribution is 5.80. The SMILES string of the molecule is Cn1nc(CN(C(=O)Cn2c(=O)oc3ccccc32)C2CCCC2)c2c1CCC2. The zero-order valence-corrected chi connectivity index (χ0v) is 16.8. The highest BCUT2D eigenvalue weighted by Crippen LogP contribution is 2.29. The van der Waals surface area contributed by atoms with Crippen LogP contribution >= 0.6 is 0 Å². The van der Waals surface area contributed by atoms with Gasteiger partial charge in [-0.15, -0.1) is 0 Å². The quantitative estimate of drug-likeness (QED) is 0.667. The third-order valence-corrected chi connectivity index (χ3v) is 6.47. The molecule has 5 rings (SSSR count). The van der Waals surface area contributed by atoms with E-state index in [1.54, 1.807) is 6.07 Å². The maximum atomic E-state index is 13.4. The molecule has 2 aromatic heterocycles. The number of benzene rings is 1. The average Bonchev–Trinajstić information content (AvgIpc) is 3.48. The Balaban J connectivity index is 1.45. The Morgan fingerprint density at radius 2 is 2.00 bits per heavy atom. The molecule has 1 saturated carbocycles. The van der Waals surface area contributed by atoms with Crippen molar-refractivity contribution in [2.45, 2.75) is 64.1 Å². The van der Waals surface area contributed by atoms with Gasteiger partial charge in [0, 0.05) is 18.8 Å². The van der Waals surface area contributed by atoms with E-state index in [4.69, 9.17) is 9.52 Å². The summed E-state index contributed by atoms with van der Waals surface area (Å²) < 4.78 is 8.73. The monoisotopic (exact) mass is 394 g/mol. The molecule has 7 heteroatoms. The minimum atomic E-state index is -0.482. The zero-order chi connectivity index (χ0) is 20.0. The predicted molar refractivity (Wildman–Crippen MR) is 109 cm³/mol. The summed E-state index contributed by atoms with van der Waals surface area (Å²) >= 11 is 0. The first-order chi connectivity index (χ1) is 14.1. The number of nitrogens with zero attached hydrogens (tertiary/aromatic N) is 4. The minimum absolute atomic E-state index is 0.00136. The molecule has 0 saturated heterocycles. The Hall–Kier alpha value is -2.83. The second kappa shape index (κ2) is 7.21. The van der Waals surface area contributed by atoms with Gasteiger partial charge >= 0.3 is 5.76 Å². The van der Waals surface area contributed by atoms with Crippen molar-refractivity contribution in [3.05, 3.63) is 51.8 Å². The molecule has 2 aliphatic carbocycles. The molecular weight excluding hydrogens is 368 g/mol. The summed E-state index contributed by atoms with van der Waals surface area (Å²) in [6.07, 6.45) is 7.57. The van der Waals surface area contributed by atoms with E-state index in [1.807, 2.05) is 34.8 Å². The van der Waals surface area contributed by atoms with Crippen LogP contribution in [0.3, 0.4) is 0 Å². The molecule has 1 amide bonds.